The lowest BCUT2D eigenvalue weighted by Crippen LogP contribution is -2.62. The number of rotatable bonds is 4. The minimum absolute atomic E-state index is 0.338. The van der Waals surface area contributed by atoms with E-state index in [1.54, 1.807) is 0 Å². The van der Waals surface area contributed by atoms with Crippen LogP contribution in [0, 0.1) is 5.92 Å². The first-order chi connectivity index (χ1) is 13.5. The molecule has 166 valence electrons. The molecule has 0 spiro atoms. The molecular weight excluding hydrogens is 396 g/mol. The Morgan fingerprint density at radius 1 is 1.17 bits per heavy atom. The Labute approximate surface area is 165 Å². The molecule has 1 aliphatic carbocycles. The Morgan fingerprint density at radius 2 is 1.83 bits per heavy atom. The second kappa shape index (κ2) is 7.72. The third-order valence-corrected chi connectivity index (χ3v) is 5.90. The van der Waals surface area contributed by atoms with Gasteiger partial charge in [0.05, 0.1) is 37.6 Å². The van der Waals surface area contributed by atoms with Gasteiger partial charge in [-0.3, -0.25) is 0 Å². The smallest absolute Gasteiger partial charge is 0.339 e. The average Bonchev–Trinajstić information content (AvgIpc) is 2.86. The van der Waals surface area contributed by atoms with E-state index in [1.807, 2.05) is 0 Å². The molecule has 1 saturated carbocycles. The lowest BCUT2D eigenvalue weighted by Gasteiger charge is -2.46. The summed E-state index contributed by atoms with van der Waals surface area (Å²) in [5.74, 6) is -2.36. The second-order valence-electron chi connectivity index (χ2n) is 7.71. The Bertz CT molecular complexity index is 663. The largest absolute Gasteiger partial charge is 0.471 e. The van der Waals surface area contributed by atoms with Gasteiger partial charge in [-0.25, -0.2) is 4.79 Å². The molecule has 0 amide bonds. The van der Waals surface area contributed by atoms with Crippen LogP contribution in [0.1, 0.15) is 13.3 Å². The summed E-state index contributed by atoms with van der Waals surface area (Å²) in [7, 11) is 1.08. The Morgan fingerprint density at radius 3 is 2.41 bits per heavy atom. The number of aliphatic hydroxyl groups is 7. The van der Waals surface area contributed by atoms with Gasteiger partial charge in [-0.1, -0.05) is 0 Å². The summed E-state index contributed by atoms with van der Waals surface area (Å²) in [5.41, 5.74) is -4.41. The molecule has 0 aromatic rings. The number of esters is 1. The predicted molar refractivity (Wildman–Crippen MR) is 89.5 cm³/mol. The summed E-state index contributed by atoms with van der Waals surface area (Å²) < 4.78 is 20.7. The molecule has 1 unspecified atom stereocenters. The summed E-state index contributed by atoms with van der Waals surface area (Å²) in [4.78, 5) is 12.1. The Balaban J connectivity index is 1.92. The summed E-state index contributed by atoms with van der Waals surface area (Å²) >= 11 is 0. The van der Waals surface area contributed by atoms with Crippen LogP contribution >= 0.6 is 0 Å². The minimum atomic E-state index is -2.09. The summed E-state index contributed by atoms with van der Waals surface area (Å²) in [6.07, 6.45) is -10.5. The van der Waals surface area contributed by atoms with Crippen molar-refractivity contribution in [3.63, 3.8) is 0 Å². The van der Waals surface area contributed by atoms with E-state index in [4.69, 9.17) is 14.2 Å². The topological polar surface area (TPSA) is 196 Å². The monoisotopic (exact) mass is 422 g/mol. The fourth-order valence-electron chi connectivity index (χ4n) is 4.17. The molecule has 12 heteroatoms. The quantitative estimate of drug-likeness (QED) is 0.218. The van der Waals surface area contributed by atoms with Crippen LogP contribution in [0.15, 0.2) is 11.8 Å². The number of methoxy groups -OCH3 is 1. The highest BCUT2D eigenvalue weighted by Crippen LogP contribution is 2.52. The molecule has 0 bridgehead atoms. The standard InChI is InChI=1S/C17H26O12/c1-16(24)8(19)3-17(25)6(13(23)26-2)5-27-15(12(16)17)29-14-11(22)10(21)9(20)7(4-18)28-14/h5,7-12,14-15,18-22,24-25H,3-4H2,1-2H3/t7-,8+,9-,10+,11-,12?,14+,15+,16+,17-/m1/s1. The molecule has 2 aliphatic heterocycles. The van der Waals surface area contributed by atoms with Crippen molar-refractivity contribution < 1.29 is 59.5 Å². The van der Waals surface area contributed by atoms with Gasteiger partial charge in [0, 0.05) is 6.42 Å². The summed E-state index contributed by atoms with van der Waals surface area (Å²) in [6, 6.07) is 0. The third-order valence-electron chi connectivity index (χ3n) is 5.90. The summed E-state index contributed by atoms with van der Waals surface area (Å²) in [6.45, 7) is 0.528. The van der Waals surface area contributed by atoms with E-state index in [0.29, 0.717) is 0 Å². The number of carbonyl (C=O) groups excluding carboxylic acids is 1. The SMILES string of the molecule is COC(=O)C1=CO[C@@H](O[C@@H]2O[C@H](CO)[C@@H](O)[C@H](O)[C@H]2O)C2[C@@]1(O)C[C@H](O)[C@]2(C)O. The van der Waals surface area contributed by atoms with E-state index in [0.717, 1.165) is 13.4 Å². The molecule has 0 aromatic carbocycles. The van der Waals surface area contributed by atoms with Gasteiger partial charge in [0.1, 0.15) is 35.6 Å². The first kappa shape index (κ1) is 22.3. The number of ether oxygens (including phenoxy) is 4. The van der Waals surface area contributed by atoms with E-state index in [9.17, 15) is 40.5 Å². The van der Waals surface area contributed by atoms with Crippen molar-refractivity contribution in [2.24, 2.45) is 5.92 Å². The van der Waals surface area contributed by atoms with Crippen molar-refractivity contribution >= 4 is 5.97 Å². The van der Waals surface area contributed by atoms with Crippen molar-refractivity contribution in [1.29, 1.82) is 0 Å². The normalized spacial score (nSPS) is 49.8. The molecular formula is C17H26O12. The van der Waals surface area contributed by atoms with E-state index >= 15 is 0 Å². The molecule has 2 heterocycles. The molecule has 3 rings (SSSR count). The Hall–Kier alpha value is -1.35. The van der Waals surface area contributed by atoms with Crippen molar-refractivity contribution in [2.45, 2.75) is 67.6 Å². The van der Waals surface area contributed by atoms with Crippen LogP contribution in [-0.4, -0.2) is 110 Å². The van der Waals surface area contributed by atoms with Crippen LogP contribution in [0.25, 0.3) is 0 Å². The molecule has 29 heavy (non-hydrogen) atoms. The van der Waals surface area contributed by atoms with Gasteiger partial charge in [0.25, 0.3) is 0 Å². The van der Waals surface area contributed by atoms with Gasteiger partial charge >= 0.3 is 5.97 Å². The number of carbonyl (C=O) groups is 1. The van der Waals surface area contributed by atoms with Gasteiger partial charge in [-0.2, -0.15) is 0 Å². The zero-order chi connectivity index (χ0) is 21.7. The molecule has 0 radical (unpaired) electrons. The predicted octanol–water partition coefficient (Wildman–Crippen LogP) is -3.92. The number of fused-ring (bicyclic) bond motifs is 1. The van der Waals surface area contributed by atoms with E-state index < -0.39 is 79.2 Å². The maximum absolute atomic E-state index is 12.1. The average molecular weight is 422 g/mol. The van der Waals surface area contributed by atoms with Crippen molar-refractivity contribution in [2.75, 3.05) is 13.7 Å². The van der Waals surface area contributed by atoms with E-state index in [-0.39, 0.29) is 5.57 Å². The lowest BCUT2D eigenvalue weighted by molar-refractivity contribution is -0.352. The van der Waals surface area contributed by atoms with Crippen LogP contribution in [0.3, 0.4) is 0 Å². The van der Waals surface area contributed by atoms with E-state index in [1.165, 1.54) is 6.92 Å². The second-order valence-corrected chi connectivity index (χ2v) is 7.71. The molecule has 7 N–H and O–H groups in total. The number of hydrogen-bond acceptors (Lipinski definition) is 12. The molecule has 0 aromatic heterocycles. The van der Waals surface area contributed by atoms with Crippen LogP contribution in [0.2, 0.25) is 0 Å². The van der Waals surface area contributed by atoms with Crippen molar-refractivity contribution in [3.05, 3.63) is 11.8 Å². The highest BCUT2D eigenvalue weighted by Gasteiger charge is 2.67. The molecule has 12 nitrogen and oxygen atoms in total. The summed E-state index contributed by atoms with van der Waals surface area (Å²) in [5, 5.41) is 71.4. The first-order valence-electron chi connectivity index (χ1n) is 9.02. The maximum atomic E-state index is 12.1. The van der Waals surface area contributed by atoms with Crippen LogP contribution in [-0.2, 0) is 23.7 Å². The van der Waals surface area contributed by atoms with E-state index in [2.05, 4.69) is 4.74 Å². The van der Waals surface area contributed by atoms with Gasteiger partial charge in [0.2, 0.25) is 6.29 Å². The zero-order valence-corrected chi connectivity index (χ0v) is 15.8. The highest BCUT2D eigenvalue weighted by molar-refractivity contribution is 5.91. The lowest BCUT2D eigenvalue weighted by atomic mass is 9.77. The number of aliphatic hydroxyl groups excluding tert-OH is 5. The van der Waals surface area contributed by atoms with Gasteiger partial charge in [-0.05, 0) is 6.92 Å². The van der Waals surface area contributed by atoms with Gasteiger partial charge in [-0.15, -0.1) is 0 Å². The highest BCUT2D eigenvalue weighted by atomic mass is 16.8. The molecule has 3 aliphatic rings. The molecule has 10 atom stereocenters. The Kier molecular flexibility index (Phi) is 5.95. The zero-order valence-electron chi connectivity index (χ0n) is 15.8. The first-order valence-corrected chi connectivity index (χ1v) is 9.02. The maximum Gasteiger partial charge on any atom is 0.339 e. The van der Waals surface area contributed by atoms with Crippen LogP contribution in [0.5, 0.6) is 0 Å². The molecule has 1 saturated heterocycles. The van der Waals surface area contributed by atoms with Crippen LogP contribution < -0.4 is 0 Å². The number of hydrogen-bond donors (Lipinski definition) is 7. The van der Waals surface area contributed by atoms with Crippen molar-refractivity contribution in [3.8, 4) is 0 Å². The van der Waals surface area contributed by atoms with Gasteiger partial charge < -0.3 is 54.7 Å². The van der Waals surface area contributed by atoms with Crippen molar-refractivity contribution in [1.82, 2.24) is 0 Å². The molecule has 2 fully saturated rings. The third kappa shape index (κ3) is 3.44. The fraction of sp³-hybridized carbons (Fsp3) is 0.824. The minimum Gasteiger partial charge on any atom is -0.471 e. The fourth-order valence-corrected chi connectivity index (χ4v) is 4.17. The van der Waals surface area contributed by atoms with Crippen LogP contribution in [0.4, 0.5) is 0 Å². The van der Waals surface area contributed by atoms with Gasteiger partial charge in [0.15, 0.2) is 6.29 Å².